The van der Waals surface area contributed by atoms with E-state index >= 15 is 0 Å². The summed E-state index contributed by atoms with van der Waals surface area (Å²) in [6, 6.07) is 0. The number of hydrogen-bond donors (Lipinski definition) is 2. The van der Waals surface area contributed by atoms with E-state index in [0.717, 1.165) is 42.9 Å². The SMILES string of the molecule is OCC1(Nc2cnc3c(n2)CCCC3)CCC1. The number of aliphatic hydroxyl groups excluding tert-OH is 1. The van der Waals surface area contributed by atoms with E-state index in [4.69, 9.17) is 0 Å². The number of aryl methyl sites for hydroxylation is 2. The molecular formula is C13H19N3O. The molecule has 0 bridgehead atoms. The van der Waals surface area contributed by atoms with Crippen molar-refractivity contribution in [3.8, 4) is 0 Å². The lowest BCUT2D eigenvalue weighted by atomic mass is 9.77. The van der Waals surface area contributed by atoms with E-state index in [1.54, 1.807) is 0 Å². The first-order valence-corrected chi connectivity index (χ1v) is 6.55. The van der Waals surface area contributed by atoms with Crippen LogP contribution >= 0.6 is 0 Å². The molecule has 0 saturated heterocycles. The van der Waals surface area contributed by atoms with Crippen molar-refractivity contribution in [2.24, 2.45) is 0 Å². The number of aromatic nitrogens is 2. The first-order chi connectivity index (χ1) is 8.31. The minimum atomic E-state index is -0.127. The van der Waals surface area contributed by atoms with E-state index in [2.05, 4.69) is 15.3 Å². The van der Waals surface area contributed by atoms with Gasteiger partial charge in [0.2, 0.25) is 0 Å². The van der Waals surface area contributed by atoms with Crippen molar-refractivity contribution in [3.63, 3.8) is 0 Å². The van der Waals surface area contributed by atoms with Gasteiger partial charge in [0.25, 0.3) is 0 Å². The van der Waals surface area contributed by atoms with Crippen LogP contribution in [-0.4, -0.2) is 27.2 Å². The maximum absolute atomic E-state index is 9.43. The van der Waals surface area contributed by atoms with E-state index in [1.165, 1.54) is 19.3 Å². The quantitative estimate of drug-likeness (QED) is 0.834. The molecular weight excluding hydrogens is 214 g/mol. The van der Waals surface area contributed by atoms with Crippen LogP contribution in [0.5, 0.6) is 0 Å². The third kappa shape index (κ3) is 2.02. The molecule has 4 heteroatoms. The summed E-state index contributed by atoms with van der Waals surface area (Å²) in [6.07, 6.45) is 9.62. The van der Waals surface area contributed by atoms with Gasteiger partial charge in [-0.15, -0.1) is 0 Å². The Hall–Kier alpha value is -1.16. The van der Waals surface area contributed by atoms with Crippen molar-refractivity contribution in [2.75, 3.05) is 11.9 Å². The second-order valence-electron chi connectivity index (χ2n) is 5.27. The van der Waals surface area contributed by atoms with Crippen LogP contribution < -0.4 is 5.32 Å². The van der Waals surface area contributed by atoms with E-state index in [-0.39, 0.29) is 12.1 Å². The molecule has 2 aliphatic carbocycles. The van der Waals surface area contributed by atoms with Crippen LogP contribution in [0.15, 0.2) is 6.20 Å². The van der Waals surface area contributed by atoms with Gasteiger partial charge in [0.05, 0.1) is 29.7 Å². The van der Waals surface area contributed by atoms with Crippen LogP contribution in [0.2, 0.25) is 0 Å². The average molecular weight is 233 g/mol. The van der Waals surface area contributed by atoms with Crippen LogP contribution in [0, 0.1) is 0 Å². The molecule has 0 unspecified atom stereocenters. The zero-order valence-corrected chi connectivity index (χ0v) is 10.1. The number of fused-ring (bicyclic) bond motifs is 1. The average Bonchev–Trinajstić information content (AvgIpc) is 2.34. The molecule has 0 aliphatic heterocycles. The van der Waals surface area contributed by atoms with Crippen molar-refractivity contribution in [3.05, 3.63) is 17.6 Å². The molecule has 1 saturated carbocycles. The van der Waals surface area contributed by atoms with Crippen molar-refractivity contribution < 1.29 is 5.11 Å². The number of aliphatic hydroxyl groups is 1. The molecule has 0 aromatic carbocycles. The number of nitrogens with zero attached hydrogens (tertiary/aromatic N) is 2. The van der Waals surface area contributed by atoms with E-state index < -0.39 is 0 Å². The van der Waals surface area contributed by atoms with Crippen molar-refractivity contribution in [2.45, 2.75) is 50.5 Å². The Morgan fingerprint density at radius 2 is 1.94 bits per heavy atom. The molecule has 1 heterocycles. The summed E-state index contributed by atoms with van der Waals surface area (Å²) in [5.41, 5.74) is 2.18. The molecule has 4 nitrogen and oxygen atoms in total. The molecule has 2 N–H and O–H groups in total. The van der Waals surface area contributed by atoms with Gasteiger partial charge in [-0.05, 0) is 44.9 Å². The van der Waals surface area contributed by atoms with Gasteiger partial charge in [0.1, 0.15) is 5.82 Å². The minimum Gasteiger partial charge on any atom is -0.394 e. The third-order valence-corrected chi connectivity index (χ3v) is 4.01. The smallest absolute Gasteiger partial charge is 0.145 e. The topological polar surface area (TPSA) is 58.0 Å². The van der Waals surface area contributed by atoms with Crippen LogP contribution in [0.25, 0.3) is 0 Å². The monoisotopic (exact) mass is 233 g/mol. The number of nitrogens with one attached hydrogen (secondary N) is 1. The van der Waals surface area contributed by atoms with Crippen molar-refractivity contribution in [1.82, 2.24) is 9.97 Å². The van der Waals surface area contributed by atoms with Crippen LogP contribution in [-0.2, 0) is 12.8 Å². The molecule has 3 rings (SSSR count). The highest BCUT2D eigenvalue weighted by Crippen LogP contribution is 2.34. The number of rotatable bonds is 3. The van der Waals surface area contributed by atoms with E-state index in [9.17, 15) is 5.11 Å². The van der Waals surface area contributed by atoms with Gasteiger partial charge in [0.15, 0.2) is 0 Å². The highest BCUT2D eigenvalue weighted by molar-refractivity contribution is 5.39. The number of anilines is 1. The summed E-state index contributed by atoms with van der Waals surface area (Å²) < 4.78 is 0. The van der Waals surface area contributed by atoms with Gasteiger partial charge < -0.3 is 10.4 Å². The molecule has 1 aromatic rings. The van der Waals surface area contributed by atoms with Gasteiger partial charge in [0, 0.05) is 0 Å². The lowest BCUT2D eigenvalue weighted by molar-refractivity contribution is 0.143. The lowest BCUT2D eigenvalue weighted by Crippen LogP contribution is -2.48. The summed E-state index contributed by atoms with van der Waals surface area (Å²) in [5.74, 6) is 0.833. The Morgan fingerprint density at radius 3 is 2.59 bits per heavy atom. The van der Waals surface area contributed by atoms with Gasteiger partial charge in [-0.1, -0.05) is 0 Å². The van der Waals surface area contributed by atoms with Gasteiger partial charge in [-0.3, -0.25) is 4.98 Å². The molecule has 1 fully saturated rings. The molecule has 0 atom stereocenters. The Bertz CT molecular complexity index is 410. The van der Waals surface area contributed by atoms with Gasteiger partial charge in [-0.25, -0.2) is 4.98 Å². The summed E-state index contributed by atoms with van der Waals surface area (Å²) >= 11 is 0. The van der Waals surface area contributed by atoms with Gasteiger partial charge in [-0.2, -0.15) is 0 Å². The second kappa shape index (κ2) is 4.26. The second-order valence-corrected chi connectivity index (χ2v) is 5.27. The van der Waals surface area contributed by atoms with E-state index in [0.29, 0.717) is 0 Å². The van der Waals surface area contributed by atoms with Crippen LogP contribution in [0.4, 0.5) is 5.82 Å². The van der Waals surface area contributed by atoms with Crippen molar-refractivity contribution in [1.29, 1.82) is 0 Å². The highest BCUT2D eigenvalue weighted by atomic mass is 16.3. The Balaban J connectivity index is 1.79. The fraction of sp³-hybridized carbons (Fsp3) is 0.692. The maximum atomic E-state index is 9.43. The largest absolute Gasteiger partial charge is 0.394 e. The fourth-order valence-corrected chi connectivity index (χ4v) is 2.70. The standard InChI is InChI=1S/C13H19N3O/c17-9-13(6-3-7-13)16-12-8-14-10-4-1-2-5-11(10)15-12/h8,17H,1-7,9H2,(H,15,16). The summed E-state index contributed by atoms with van der Waals surface area (Å²) in [6.45, 7) is 0.186. The summed E-state index contributed by atoms with van der Waals surface area (Å²) in [7, 11) is 0. The molecule has 92 valence electrons. The molecule has 1 aromatic heterocycles. The molecule has 0 spiro atoms. The van der Waals surface area contributed by atoms with Crippen molar-refractivity contribution >= 4 is 5.82 Å². The van der Waals surface area contributed by atoms with E-state index in [1.807, 2.05) is 6.20 Å². The maximum Gasteiger partial charge on any atom is 0.145 e. The van der Waals surface area contributed by atoms with Crippen LogP contribution in [0.3, 0.4) is 0 Å². The molecule has 17 heavy (non-hydrogen) atoms. The Kier molecular flexibility index (Phi) is 2.74. The van der Waals surface area contributed by atoms with Crippen LogP contribution in [0.1, 0.15) is 43.5 Å². The Labute approximate surface area is 101 Å². The summed E-state index contributed by atoms with van der Waals surface area (Å²) in [4.78, 5) is 9.13. The lowest BCUT2D eigenvalue weighted by Gasteiger charge is -2.41. The fourth-order valence-electron chi connectivity index (χ4n) is 2.70. The Morgan fingerprint density at radius 1 is 1.18 bits per heavy atom. The first-order valence-electron chi connectivity index (χ1n) is 6.55. The molecule has 0 radical (unpaired) electrons. The predicted octanol–water partition coefficient (Wildman–Crippen LogP) is 1.68. The zero-order chi connectivity index (χ0) is 11.7. The predicted molar refractivity (Wildman–Crippen MR) is 66.0 cm³/mol. The third-order valence-electron chi connectivity index (χ3n) is 4.01. The highest BCUT2D eigenvalue weighted by Gasteiger charge is 2.36. The van der Waals surface area contributed by atoms with Gasteiger partial charge >= 0.3 is 0 Å². The molecule has 0 amide bonds. The zero-order valence-electron chi connectivity index (χ0n) is 10.1. The number of hydrogen-bond acceptors (Lipinski definition) is 4. The normalized spacial score (nSPS) is 21.5. The summed E-state index contributed by atoms with van der Waals surface area (Å²) in [5, 5.41) is 12.8. The molecule has 2 aliphatic rings. The first kappa shape index (κ1) is 11.0. The minimum absolute atomic E-state index is 0.127.